The van der Waals surface area contributed by atoms with Gasteiger partial charge in [0.2, 0.25) is 0 Å². The largest absolute Gasteiger partial charge is 0.497 e. The van der Waals surface area contributed by atoms with Crippen LogP contribution >= 0.6 is 11.6 Å². The van der Waals surface area contributed by atoms with E-state index in [9.17, 15) is 4.79 Å². The third kappa shape index (κ3) is 3.87. The number of ether oxygens (including phenoxy) is 1. The van der Waals surface area contributed by atoms with Crippen molar-refractivity contribution in [2.24, 2.45) is 0 Å². The number of anilines is 1. The minimum Gasteiger partial charge on any atom is -0.497 e. The molecular weight excluding hydrogens is 376 g/mol. The summed E-state index contributed by atoms with van der Waals surface area (Å²) in [6, 6.07) is 13.0. The van der Waals surface area contributed by atoms with Crippen molar-refractivity contribution in [1.82, 2.24) is 15.3 Å². The highest BCUT2D eigenvalue weighted by molar-refractivity contribution is 6.31. The number of carbonyl (C=O) groups is 1. The first kappa shape index (κ1) is 18.5. The molecule has 2 aromatic carbocycles. The first-order valence-electron chi connectivity index (χ1n) is 9.24. The molecule has 1 amide bonds. The van der Waals surface area contributed by atoms with Crippen molar-refractivity contribution in [1.29, 1.82) is 0 Å². The van der Waals surface area contributed by atoms with Crippen LogP contribution < -0.4 is 15.0 Å². The maximum Gasteiger partial charge on any atom is 0.251 e. The van der Waals surface area contributed by atoms with Gasteiger partial charge in [-0.05, 0) is 49.2 Å². The number of amides is 1. The molecule has 1 N–H and O–H groups in total. The average Bonchev–Trinajstić information content (AvgIpc) is 2.73. The maximum absolute atomic E-state index is 12.5. The number of carbonyl (C=O) groups excluding carboxylic acids is 1. The van der Waals surface area contributed by atoms with E-state index in [0.717, 1.165) is 42.7 Å². The second-order valence-corrected chi connectivity index (χ2v) is 7.26. The maximum atomic E-state index is 12.5. The molecule has 0 radical (unpaired) electrons. The molecule has 4 rings (SSSR count). The zero-order valence-electron chi connectivity index (χ0n) is 15.6. The number of nitrogens with zero attached hydrogens (tertiary/aromatic N) is 3. The molecule has 0 bridgehead atoms. The van der Waals surface area contributed by atoms with Crippen molar-refractivity contribution in [3.63, 3.8) is 0 Å². The van der Waals surface area contributed by atoms with Crippen molar-refractivity contribution >= 4 is 34.2 Å². The lowest BCUT2D eigenvalue weighted by Gasteiger charge is -2.33. The summed E-state index contributed by atoms with van der Waals surface area (Å²) in [6.45, 7) is 1.63. The molecule has 3 aromatic rings. The summed E-state index contributed by atoms with van der Waals surface area (Å²) in [4.78, 5) is 23.6. The van der Waals surface area contributed by atoms with E-state index in [0.29, 0.717) is 16.3 Å². The average molecular weight is 397 g/mol. The smallest absolute Gasteiger partial charge is 0.251 e. The quantitative estimate of drug-likeness (QED) is 0.728. The van der Waals surface area contributed by atoms with Crippen LogP contribution in [-0.2, 0) is 0 Å². The topological polar surface area (TPSA) is 67.3 Å². The van der Waals surface area contributed by atoms with Gasteiger partial charge in [0, 0.05) is 35.1 Å². The summed E-state index contributed by atoms with van der Waals surface area (Å²) in [5.41, 5.74) is 1.45. The molecule has 2 heterocycles. The zero-order chi connectivity index (χ0) is 19.5. The molecule has 1 aromatic heterocycles. The van der Waals surface area contributed by atoms with Crippen LogP contribution in [0.3, 0.4) is 0 Å². The fourth-order valence-corrected chi connectivity index (χ4v) is 3.70. The van der Waals surface area contributed by atoms with Crippen LogP contribution in [0.2, 0.25) is 5.02 Å². The molecule has 0 spiro atoms. The normalized spacial score (nSPS) is 14.9. The second-order valence-electron chi connectivity index (χ2n) is 6.83. The molecule has 1 saturated heterocycles. The minimum absolute atomic E-state index is 0.0699. The number of aromatic nitrogens is 2. The number of rotatable bonds is 4. The number of fused-ring (bicyclic) bond motifs is 1. The van der Waals surface area contributed by atoms with Crippen molar-refractivity contribution in [2.75, 3.05) is 25.1 Å². The summed E-state index contributed by atoms with van der Waals surface area (Å²) < 4.78 is 5.19. The summed E-state index contributed by atoms with van der Waals surface area (Å²) in [7, 11) is 1.59. The summed E-state index contributed by atoms with van der Waals surface area (Å²) in [5.74, 6) is 1.52. The van der Waals surface area contributed by atoms with E-state index in [-0.39, 0.29) is 11.9 Å². The van der Waals surface area contributed by atoms with Gasteiger partial charge in [-0.2, -0.15) is 0 Å². The monoisotopic (exact) mass is 396 g/mol. The van der Waals surface area contributed by atoms with Gasteiger partial charge in [-0.25, -0.2) is 9.97 Å². The molecule has 144 valence electrons. The highest BCUT2D eigenvalue weighted by atomic mass is 35.5. The molecule has 7 heteroatoms. The number of halogens is 1. The molecule has 0 aliphatic carbocycles. The summed E-state index contributed by atoms with van der Waals surface area (Å²) in [6.07, 6.45) is 3.29. The second kappa shape index (κ2) is 8.02. The molecule has 1 aliphatic heterocycles. The predicted octanol–water partition coefficient (Wildman–Crippen LogP) is 3.69. The lowest BCUT2D eigenvalue weighted by Crippen LogP contribution is -2.45. The molecular formula is C21H21ClN4O2. The van der Waals surface area contributed by atoms with Crippen LogP contribution in [0.15, 0.2) is 48.8 Å². The first-order chi connectivity index (χ1) is 13.6. The highest BCUT2D eigenvalue weighted by Gasteiger charge is 2.23. The Bertz CT molecular complexity index is 1000. The standard InChI is InChI=1S/C21H21ClN4O2/c1-28-17-4-2-3-14(11-17)21(27)25-16-7-9-26(10-8-16)20-18-6-5-15(22)12-19(18)23-13-24-20/h2-6,11-13,16H,7-10H2,1H3,(H,25,27). The number of hydrogen-bond acceptors (Lipinski definition) is 5. The van der Waals surface area contributed by atoms with E-state index in [1.54, 1.807) is 25.6 Å². The van der Waals surface area contributed by atoms with Gasteiger partial charge < -0.3 is 15.0 Å². The number of hydrogen-bond donors (Lipinski definition) is 1. The van der Waals surface area contributed by atoms with Gasteiger partial charge in [-0.3, -0.25) is 4.79 Å². The lowest BCUT2D eigenvalue weighted by molar-refractivity contribution is 0.0930. The van der Waals surface area contributed by atoms with Crippen LogP contribution in [0.5, 0.6) is 5.75 Å². The Labute approximate surface area is 168 Å². The van der Waals surface area contributed by atoms with Crippen molar-refractivity contribution in [3.8, 4) is 5.75 Å². The van der Waals surface area contributed by atoms with Gasteiger partial charge in [-0.1, -0.05) is 17.7 Å². The minimum atomic E-state index is -0.0699. The molecule has 6 nitrogen and oxygen atoms in total. The molecule has 0 atom stereocenters. The Balaban J connectivity index is 1.42. The first-order valence-corrected chi connectivity index (χ1v) is 9.62. The van der Waals surface area contributed by atoms with Crippen molar-refractivity contribution < 1.29 is 9.53 Å². The highest BCUT2D eigenvalue weighted by Crippen LogP contribution is 2.27. The third-order valence-electron chi connectivity index (χ3n) is 5.04. The third-order valence-corrected chi connectivity index (χ3v) is 5.27. The van der Waals surface area contributed by atoms with Crippen molar-refractivity contribution in [2.45, 2.75) is 18.9 Å². The van der Waals surface area contributed by atoms with Crippen LogP contribution in [0, 0.1) is 0 Å². The lowest BCUT2D eigenvalue weighted by atomic mass is 10.0. The van der Waals surface area contributed by atoms with E-state index < -0.39 is 0 Å². The molecule has 28 heavy (non-hydrogen) atoms. The summed E-state index contributed by atoms with van der Waals surface area (Å²) >= 11 is 6.07. The predicted molar refractivity (Wildman–Crippen MR) is 110 cm³/mol. The number of nitrogens with one attached hydrogen (secondary N) is 1. The molecule has 1 fully saturated rings. The van der Waals surface area contributed by atoms with E-state index in [4.69, 9.17) is 16.3 Å². The Morgan fingerprint density at radius 2 is 2.00 bits per heavy atom. The molecule has 1 aliphatic rings. The van der Waals surface area contributed by atoms with E-state index >= 15 is 0 Å². The van der Waals surface area contributed by atoms with Gasteiger partial charge in [0.15, 0.2) is 0 Å². The number of piperidine rings is 1. The van der Waals surface area contributed by atoms with Crippen LogP contribution in [0.4, 0.5) is 5.82 Å². The van der Waals surface area contributed by atoms with Crippen molar-refractivity contribution in [3.05, 3.63) is 59.4 Å². The van der Waals surface area contributed by atoms with Crippen LogP contribution in [0.1, 0.15) is 23.2 Å². The van der Waals surface area contributed by atoms with Gasteiger partial charge in [0.25, 0.3) is 5.91 Å². The zero-order valence-corrected chi connectivity index (χ0v) is 16.3. The fraction of sp³-hybridized carbons (Fsp3) is 0.286. The van der Waals surface area contributed by atoms with Gasteiger partial charge >= 0.3 is 0 Å². The van der Waals surface area contributed by atoms with Gasteiger partial charge in [-0.15, -0.1) is 0 Å². The number of methoxy groups -OCH3 is 1. The molecule has 0 saturated carbocycles. The van der Waals surface area contributed by atoms with Gasteiger partial charge in [0.05, 0.1) is 12.6 Å². The van der Waals surface area contributed by atoms with Crippen LogP contribution in [-0.4, -0.2) is 42.1 Å². The Hall–Kier alpha value is -2.86. The van der Waals surface area contributed by atoms with E-state index in [2.05, 4.69) is 20.2 Å². The van der Waals surface area contributed by atoms with E-state index in [1.165, 1.54) is 0 Å². The number of benzene rings is 2. The SMILES string of the molecule is COc1cccc(C(=O)NC2CCN(c3ncnc4cc(Cl)ccc34)CC2)c1. The summed E-state index contributed by atoms with van der Waals surface area (Å²) in [5, 5.41) is 4.79. The Kier molecular flexibility index (Phi) is 5.30. The van der Waals surface area contributed by atoms with Crippen LogP contribution in [0.25, 0.3) is 10.9 Å². The Morgan fingerprint density at radius 1 is 1.18 bits per heavy atom. The van der Waals surface area contributed by atoms with E-state index in [1.807, 2.05) is 30.3 Å². The van der Waals surface area contributed by atoms with Gasteiger partial charge in [0.1, 0.15) is 17.9 Å². The Morgan fingerprint density at radius 3 is 2.79 bits per heavy atom. The molecule has 0 unspecified atom stereocenters. The fourth-order valence-electron chi connectivity index (χ4n) is 3.54.